The highest BCUT2D eigenvalue weighted by Crippen LogP contribution is 2.47. The lowest BCUT2D eigenvalue weighted by Gasteiger charge is -2.37. The Morgan fingerprint density at radius 3 is 2.16 bits per heavy atom. The van der Waals surface area contributed by atoms with Gasteiger partial charge in [0.1, 0.15) is 17.8 Å². The van der Waals surface area contributed by atoms with Crippen molar-refractivity contribution in [2.75, 3.05) is 13.2 Å². The Bertz CT molecular complexity index is 827. The van der Waals surface area contributed by atoms with E-state index in [1.165, 1.54) is 0 Å². The van der Waals surface area contributed by atoms with E-state index in [0.29, 0.717) is 39.1 Å². The molecule has 0 amide bonds. The van der Waals surface area contributed by atoms with Crippen LogP contribution in [0.4, 0.5) is 0 Å². The number of aliphatic hydroxyl groups is 1. The van der Waals surface area contributed by atoms with Crippen LogP contribution in [0.5, 0.6) is 0 Å². The van der Waals surface area contributed by atoms with Crippen LogP contribution in [-0.4, -0.2) is 48.2 Å². The molecule has 2 saturated heterocycles. The lowest BCUT2D eigenvalue weighted by molar-refractivity contribution is -0.250. The third kappa shape index (κ3) is 5.57. The second-order valence-corrected chi connectivity index (χ2v) is 8.98. The minimum Gasteiger partial charge on any atom is -0.396 e. The first-order valence-corrected chi connectivity index (χ1v) is 11.4. The second-order valence-electron chi connectivity index (χ2n) is 8.98. The highest BCUT2D eigenvalue weighted by Gasteiger charge is 2.61. The molecule has 6 nitrogen and oxygen atoms in total. The van der Waals surface area contributed by atoms with Gasteiger partial charge in [-0.1, -0.05) is 60.7 Å². The van der Waals surface area contributed by atoms with Crippen molar-refractivity contribution in [2.24, 2.45) is 0 Å². The number of benzene rings is 2. The van der Waals surface area contributed by atoms with Crippen molar-refractivity contribution < 1.29 is 28.8 Å². The first-order chi connectivity index (χ1) is 15.5. The molecule has 1 N–H and O–H groups in total. The molecule has 0 aliphatic carbocycles. The Morgan fingerprint density at radius 2 is 1.50 bits per heavy atom. The maximum absolute atomic E-state index is 9.55. The minimum atomic E-state index is -0.726. The summed E-state index contributed by atoms with van der Waals surface area (Å²) in [4.78, 5) is 0. The summed E-state index contributed by atoms with van der Waals surface area (Å²) < 4.78 is 31.2. The van der Waals surface area contributed by atoms with E-state index in [0.717, 1.165) is 11.1 Å². The molecule has 4 rings (SSSR count). The van der Waals surface area contributed by atoms with Crippen molar-refractivity contribution in [2.45, 2.75) is 76.2 Å². The molecule has 2 aliphatic rings. The lowest BCUT2D eigenvalue weighted by atomic mass is 9.87. The molecule has 32 heavy (non-hydrogen) atoms. The fourth-order valence-electron chi connectivity index (χ4n) is 4.57. The first-order valence-electron chi connectivity index (χ1n) is 11.4. The van der Waals surface area contributed by atoms with E-state index >= 15 is 0 Å². The van der Waals surface area contributed by atoms with Crippen LogP contribution in [0.2, 0.25) is 0 Å². The van der Waals surface area contributed by atoms with E-state index in [1.54, 1.807) is 0 Å². The number of rotatable bonds is 11. The van der Waals surface area contributed by atoms with Gasteiger partial charge in [0, 0.05) is 19.6 Å². The Balaban J connectivity index is 1.47. The van der Waals surface area contributed by atoms with E-state index in [2.05, 4.69) is 0 Å². The molecule has 174 valence electrons. The van der Waals surface area contributed by atoms with Gasteiger partial charge in [-0.25, -0.2) is 0 Å². The average molecular weight is 443 g/mol. The normalized spacial score (nSPS) is 28.7. The van der Waals surface area contributed by atoms with Gasteiger partial charge in [-0.2, -0.15) is 0 Å². The van der Waals surface area contributed by atoms with Crippen molar-refractivity contribution in [1.82, 2.24) is 0 Å². The maximum Gasteiger partial charge on any atom is 0.190 e. The van der Waals surface area contributed by atoms with Crippen LogP contribution in [-0.2, 0) is 36.9 Å². The summed E-state index contributed by atoms with van der Waals surface area (Å²) in [5.41, 5.74) is 1.57. The Labute approximate surface area is 190 Å². The van der Waals surface area contributed by atoms with Crippen molar-refractivity contribution in [3.63, 3.8) is 0 Å². The number of hydrogen-bond donors (Lipinski definition) is 1. The highest BCUT2D eigenvalue weighted by molar-refractivity contribution is 5.15. The minimum absolute atomic E-state index is 0.0872. The highest BCUT2D eigenvalue weighted by atomic mass is 16.8. The molecule has 0 aromatic heterocycles. The summed E-state index contributed by atoms with van der Waals surface area (Å²) >= 11 is 0. The molecular weight excluding hydrogens is 408 g/mol. The largest absolute Gasteiger partial charge is 0.396 e. The predicted molar refractivity (Wildman–Crippen MR) is 120 cm³/mol. The van der Waals surface area contributed by atoms with Gasteiger partial charge in [0.25, 0.3) is 0 Å². The Kier molecular flexibility index (Phi) is 7.61. The Morgan fingerprint density at radius 1 is 0.844 bits per heavy atom. The van der Waals surface area contributed by atoms with Gasteiger partial charge in [0.05, 0.1) is 13.2 Å². The molecule has 6 heteroatoms. The Hall–Kier alpha value is -1.80. The van der Waals surface area contributed by atoms with E-state index in [4.69, 9.17) is 23.7 Å². The van der Waals surface area contributed by atoms with Gasteiger partial charge in [-0.15, -0.1) is 0 Å². The topological polar surface area (TPSA) is 66.4 Å². The fraction of sp³-hybridized carbons (Fsp3) is 0.538. The van der Waals surface area contributed by atoms with Crippen LogP contribution in [0, 0.1) is 0 Å². The van der Waals surface area contributed by atoms with Crippen molar-refractivity contribution >= 4 is 0 Å². The molecule has 4 atom stereocenters. The fourth-order valence-corrected chi connectivity index (χ4v) is 4.57. The van der Waals surface area contributed by atoms with Crippen molar-refractivity contribution in [3.8, 4) is 0 Å². The summed E-state index contributed by atoms with van der Waals surface area (Å²) in [5, 5.41) is 9.55. The SMILES string of the molecule is CC1(C)O[C@H]2O[C@](CCCO)(CCOCc3ccccc3)[C@@H](OCc3ccccc3)[C@H]2O1. The van der Waals surface area contributed by atoms with Gasteiger partial charge in [0.15, 0.2) is 12.1 Å². The number of fused-ring (bicyclic) bond motifs is 1. The van der Waals surface area contributed by atoms with Gasteiger partial charge in [-0.3, -0.25) is 0 Å². The van der Waals surface area contributed by atoms with Crippen LogP contribution in [0.1, 0.15) is 44.2 Å². The van der Waals surface area contributed by atoms with Crippen LogP contribution in [0.25, 0.3) is 0 Å². The molecule has 2 aliphatic heterocycles. The van der Waals surface area contributed by atoms with Gasteiger partial charge in [0.2, 0.25) is 0 Å². The lowest BCUT2D eigenvalue weighted by Crippen LogP contribution is -2.47. The van der Waals surface area contributed by atoms with Crippen LogP contribution in [0.3, 0.4) is 0 Å². The van der Waals surface area contributed by atoms with Gasteiger partial charge >= 0.3 is 0 Å². The van der Waals surface area contributed by atoms with Crippen LogP contribution < -0.4 is 0 Å². The monoisotopic (exact) mass is 442 g/mol. The van der Waals surface area contributed by atoms with E-state index in [1.807, 2.05) is 74.5 Å². The number of hydrogen-bond acceptors (Lipinski definition) is 6. The zero-order valence-corrected chi connectivity index (χ0v) is 18.9. The summed E-state index contributed by atoms with van der Waals surface area (Å²) in [6.07, 6.45) is 0.700. The number of aliphatic hydroxyl groups excluding tert-OH is 1. The first kappa shape index (κ1) is 23.4. The van der Waals surface area contributed by atoms with Crippen molar-refractivity contribution in [1.29, 1.82) is 0 Å². The molecular formula is C26H34O6. The predicted octanol–water partition coefficient (Wildman–Crippen LogP) is 4.20. The van der Waals surface area contributed by atoms with Gasteiger partial charge < -0.3 is 28.8 Å². The van der Waals surface area contributed by atoms with Crippen molar-refractivity contribution in [3.05, 3.63) is 71.8 Å². The van der Waals surface area contributed by atoms with E-state index in [9.17, 15) is 5.11 Å². The molecule has 0 radical (unpaired) electrons. The summed E-state index contributed by atoms with van der Waals surface area (Å²) in [5.74, 6) is -0.726. The van der Waals surface area contributed by atoms with E-state index in [-0.39, 0.29) is 18.8 Å². The molecule has 0 saturated carbocycles. The summed E-state index contributed by atoms with van der Waals surface area (Å²) in [6.45, 7) is 5.37. The van der Waals surface area contributed by atoms with E-state index < -0.39 is 17.7 Å². The standard InChI is InChI=1S/C26H34O6/c1-25(2)30-22-23(29-19-21-12-7-4-8-13-21)26(14-9-16-27,32-24(22)31-25)15-17-28-18-20-10-5-3-6-11-20/h3-8,10-13,22-24,27H,9,14-19H2,1-2H3/t22-,23+,24+,26-/m1/s1. The molecule has 2 aromatic carbocycles. The average Bonchev–Trinajstić information content (AvgIpc) is 3.24. The maximum atomic E-state index is 9.55. The summed E-state index contributed by atoms with van der Waals surface area (Å²) in [6, 6.07) is 20.2. The summed E-state index contributed by atoms with van der Waals surface area (Å²) in [7, 11) is 0. The molecule has 0 unspecified atom stereocenters. The quantitative estimate of drug-likeness (QED) is 0.526. The zero-order valence-electron chi connectivity index (χ0n) is 18.9. The molecule has 2 heterocycles. The smallest absolute Gasteiger partial charge is 0.190 e. The third-order valence-electron chi connectivity index (χ3n) is 6.07. The van der Waals surface area contributed by atoms with Crippen LogP contribution >= 0.6 is 0 Å². The van der Waals surface area contributed by atoms with Crippen LogP contribution in [0.15, 0.2) is 60.7 Å². The van der Waals surface area contributed by atoms with Gasteiger partial charge in [-0.05, 0) is 37.8 Å². The molecule has 2 aromatic rings. The third-order valence-corrected chi connectivity index (χ3v) is 6.07. The zero-order chi connectivity index (χ0) is 22.4. The number of ether oxygens (including phenoxy) is 5. The molecule has 2 fully saturated rings. The second kappa shape index (κ2) is 10.4. The molecule has 0 spiro atoms. The molecule has 0 bridgehead atoms.